The van der Waals surface area contributed by atoms with Gasteiger partial charge in [0.1, 0.15) is 12.2 Å². The largest absolute Gasteiger partial charge is 0.456 e. The predicted molar refractivity (Wildman–Crippen MR) is 123 cm³/mol. The fourth-order valence-electron chi connectivity index (χ4n) is 3.71. The van der Waals surface area contributed by atoms with Crippen molar-refractivity contribution in [1.29, 1.82) is 0 Å². The molecule has 0 unspecified atom stereocenters. The second kappa shape index (κ2) is 10.9. The molecule has 8 nitrogen and oxygen atoms in total. The third-order valence-electron chi connectivity index (χ3n) is 5.50. The summed E-state index contributed by atoms with van der Waals surface area (Å²) in [6, 6.07) is 24.7. The molecule has 0 aromatic heterocycles. The quantitative estimate of drug-likeness (QED) is 0.408. The third-order valence-corrected chi connectivity index (χ3v) is 5.50. The normalized spacial score (nSPS) is 22.1. The highest BCUT2D eigenvalue weighted by atomic mass is 16.7. The van der Waals surface area contributed by atoms with Crippen LogP contribution in [0.5, 0.6) is 0 Å². The maximum Gasteiger partial charge on any atom is 0.338 e. The number of esters is 3. The molecule has 1 heterocycles. The molecule has 0 amide bonds. The fraction of sp³-hybridized carbons (Fsp3) is 0.222. The van der Waals surface area contributed by atoms with Crippen LogP contribution in [0, 0.1) is 0 Å². The lowest BCUT2D eigenvalue weighted by Gasteiger charge is -2.26. The standard InChI is InChI=1S/C27H24O8/c1-17(32-24(28)18-11-5-2-6-12-18)21-22(34-25(29)19-13-7-3-8-14-19)23(27(31)33-21)35-26(30)20-15-9-4-10-16-20/h2-17,21-23,27,31H,1H3/t17-,21-,22-,23-,27-/m1/s1. The Morgan fingerprint density at radius 1 is 0.686 bits per heavy atom. The van der Waals surface area contributed by atoms with E-state index >= 15 is 0 Å². The van der Waals surface area contributed by atoms with Crippen molar-refractivity contribution in [3.8, 4) is 0 Å². The third kappa shape index (κ3) is 5.74. The van der Waals surface area contributed by atoms with Gasteiger partial charge in [0.15, 0.2) is 18.5 Å². The van der Waals surface area contributed by atoms with Crippen molar-refractivity contribution in [3.05, 3.63) is 108 Å². The molecule has 1 aliphatic heterocycles. The number of ether oxygens (including phenoxy) is 4. The van der Waals surface area contributed by atoms with E-state index in [0.717, 1.165) is 0 Å². The summed E-state index contributed by atoms with van der Waals surface area (Å²) in [6.07, 6.45) is -6.26. The van der Waals surface area contributed by atoms with Gasteiger partial charge in [-0.05, 0) is 43.3 Å². The van der Waals surface area contributed by atoms with Gasteiger partial charge >= 0.3 is 17.9 Å². The van der Waals surface area contributed by atoms with E-state index in [9.17, 15) is 19.5 Å². The zero-order valence-electron chi connectivity index (χ0n) is 18.9. The number of aliphatic hydroxyl groups excluding tert-OH is 1. The molecule has 0 aliphatic carbocycles. The van der Waals surface area contributed by atoms with Crippen LogP contribution in [0.4, 0.5) is 0 Å². The van der Waals surface area contributed by atoms with Crippen molar-refractivity contribution < 1.29 is 38.4 Å². The van der Waals surface area contributed by atoms with Gasteiger partial charge in [-0.25, -0.2) is 14.4 Å². The smallest absolute Gasteiger partial charge is 0.338 e. The van der Waals surface area contributed by atoms with Crippen LogP contribution in [0.2, 0.25) is 0 Å². The summed E-state index contributed by atoms with van der Waals surface area (Å²) in [7, 11) is 0. The van der Waals surface area contributed by atoms with E-state index in [4.69, 9.17) is 18.9 Å². The van der Waals surface area contributed by atoms with Gasteiger partial charge in [-0.2, -0.15) is 0 Å². The Hall–Kier alpha value is -4.01. The molecular formula is C27H24O8. The summed E-state index contributed by atoms with van der Waals surface area (Å²) >= 11 is 0. The topological polar surface area (TPSA) is 108 Å². The van der Waals surface area contributed by atoms with Crippen LogP contribution >= 0.6 is 0 Å². The molecule has 4 rings (SSSR count). The summed E-state index contributed by atoms with van der Waals surface area (Å²) < 4.78 is 22.2. The minimum absolute atomic E-state index is 0.250. The summed E-state index contributed by atoms with van der Waals surface area (Å²) in [5.74, 6) is -2.05. The Kier molecular flexibility index (Phi) is 7.54. The highest BCUT2D eigenvalue weighted by Crippen LogP contribution is 2.30. The SMILES string of the molecule is C[C@@H](OC(=O)c1ccccc1)[C@H]1O[C@@H](O)[C@H](OC(=O)c2ccccc2)[C@@H]1OC(=O)c1ccccc1. The molecule has 8 heteroatoms. The van der Waals surface area contributed by atoms with Crippen molar-refractivity contribution in [2.45, 2.75) is 37.6 Å². The van der Waals surface area contributed by atoms with Gasteiger partial charge in [-0.1, -0.05) is 54.6 Å². The summed E-state index contributed by atoms with van der Waals surface area (Å²) in [6.45, 7) is 1.54. The van der Waals surface area contributed by atoms with Crippen LogP contribution in [-0.2, 0) is 18.9 Å². The molecule has 5 atom stereocenters. The number of carbonyl (C=O) groups is 3. The molecule has 0 radical (unpaired) electrons. The molecule has 0 bridgehead atoms. The molecule has 1 N–H and O–H groups in total. The first-order valence-electron chi connectivity index (χ1n) is 11.1. The highest BCUT2D eigenvalue weighted by molar-refractivity contribution is 5.91. The monoisotopic (exact) mass is 476 g/mol. The second-order valence-corrected chi connectivity index (χ2v) is 7.94. The number of rotatable bonds is 7. The number of hydrogen-bond acceptors (Lipinski definition) is 8. The van der Waals surface area contributed by atoms with Crippen molar-refractivity contribution in [3.63, 3.8) is 0 Å². The Balaban J connectivity index is 1.55. The average Bonchev–Trinajstić information content (AvgIpc) is 3.20. The summed E-state index contributed by atoms with van der Waals surface area (Å²) in [5, 5.41) is 10.6. The van der Waals surface area contributed by atoms with E-state index in [1.165, 1.54) is 0 Å². The lowest BCUT2D eigenvalue weighted by molar-refractivity contribution is -0.146. The molecule has 1 saturated heterocycles. The Labute approximate surface area is 202 Å². The lowest BCUT2D eigenvalue weighted by atomic mass is 10.1. The van der Waals surface area contributed by atoms with Crippen LogP contribution in [0.1, 0.15) is 38.0 Å². The van der Waals surface area contributed by atoms with Gasteiger partial charge in [-0.15, -0.1) is 0 Å². The van der Waals surface area contributed by atoms with Crippen LogP contribution in [0.3, 0.4) is 0 Å². The molecule has 1 aliphatic rings. The van der Waals surface area contributed by atoms with E-state index in [-0.39, 0.29) is 11.1 Å². The van der Waals surface area contributed by atoms with E-state index < -0.39 is 48.6 Å². The van der Waals surface area contributed by atoms with Crippen molar-refractivity contribution >= 4 is 17.9 Å². The van der Waals surface area contributed by atoms with Crippen LogP contribution < -0.4 is 0 Å². The maximum atomic E-state index is 12.8. The van der Waals surface area contributed by atoms with Gasteiger partial charge < -0.3 is 24.1 Å². The Bertz CT molecular complexity index is 1150. The predicted octanol–water partition coefficient (Wildman–Crippen LogP) is 3.40. The first-order valence-corrected chi connectivity index (χ1v) is 11.1. The molecule has 3 aromatic rings. The zero-order chi connectivity index (χ0) is 24.8. The molecule has 3 aromatic carbocycles. The molecule has 0 spiro atoms. The molecule has 180 valence electrons. The minimum Gasteiger partial charge on any atom is -0.456 e. The van der Waals surface area contributed by atoms with Gasteiger partial charge in [0.25, 0.3) is 0 Å². The molecule has 0 saturated carbocycles. The molecular weight excluding hydrogens is 452 g/mol. The Morgan fingerprint density at radius 3 is 1.54 bits per heavy atom. The maximum absolute atomic E-state index is 12.8. The van der Waals surface area contributed by atoms with Crippen LogP contribution in [0.15, 0.2) is 91.0 Å². The molecule has 1 fully saturated rings. The first-order chi connectivity index (χ1) is 16.9. The zero-order valence-corrected chi connectivity index (χ0v) is 18.9. The van der Waals surface area contributed by atoms with E-state index in [0.29, 0.717) is 5.56 Å². The highest BCUT2D eigenvalue weighted by Gasteiger charge is 2.52. The molecule has 35 heavy (non-hydrogen) atoms. The van der Waals surface area contributed by atoms with Crippen molar-refractivity contribution in [2.24, 2.45) is 0 Å². The number of benzene rings is 3. The summed E-state index contributed by atoms with van der Waals surface area (Å²) in [5.41, 5.74) is 0.831. The lowest BCUT2D eigenvalue weighted by Crippen LogP contribution is -2.44. The van der Waals surface area contributed by atoms with Gasteiger partial charge in [0, 0.05) is 0 Å². The first kappa shape index (κ1) is 24.1. The van der Waals surface area contributed by atoms with Gasteiger partial charge in [0.05, 0.1) is 16.7 Å². The Morgan fingerprint density at radius 2 is 1.09 bits per heavy atom. The van der Waals surface area contributed by atoms with Crippen LogP contribution in [-0.4, -0.2) is 53.7 Å². The fourth-order valence-corrected chi connectivity index (χ4v) is 3.71. The number of hydrogen-bond donors (Lipinski definition) is 1. The van der Waals surface area contributed by atoms with Gasteiger partial charge in [-0.3, -0.25) is 0 Å². The summed E-state index contributed by atoms with van der Waals surface area (Å²) in [4.78, 5) is 38.0. The number of carbonyl (C=O) groups excluding carboxylic acids is 3. The van der Waals surface area contributed by atoms with Crippen molar-refractivity contribution in [1.82, 2.24) is 0 Å². The van der Waals surface area contributed by atoms with Crippen molar-refractivity contribution in [2.75, 3.05) is 0 Å². The minimum atomic E-state index is -1.61. The van der Waals surface area contributed by atoms with E-state index in [1.807, 2.05) is 0 Å². The number of aliphatic hydroxyl groups is 1. The average molecular weight is 476 g/mol. The van der Waals surface area contributed by atoms with Crippen LogP contribution in [0.25, 0.3) is 0 Å². The second-order valence-electron chi connectivity index (χ2n) is 7.94. The van der Waals surface area contributed by atoms with E-state index in [2.05, 4.69) is 0 Å². The van der Waals surface area contributed by atoms with E-state index in [1.54, 1.807) is 97.9 Å². The van der Waals surface area contributed by atoms with Gasteiger partial charge in [0.2, 0.25) is 0 Å².